The lowest BCUT2D eigenvalue weighted by Gasteiger charge is -2.09. The van der Waals surface area contributed by atoms with Crippen molar-refractivity contribution in [1.82, 2.24) is 9.97 Å². The van der Waals surface area contributed by atoms with E-state index in [1.165, 1.54) is 0 Å². The molecular weight excluding hydrogens is 223 g/mol. The van der Waals surface area contributed by atoms with E-state index in [1.54, 1.807) is 13.8 Å². The summed E-state index contributed by atoms with van der Waals surface area (Å²) in [6, 6.07) is 0. The van der Waals surface area contributed by atoms with Crippen molar-refractivity contribution in [2.24, 2.45) is 0 Å². The number of nitrogen functional groups attached to an aromatic ring is 1. The number of anilines is 1. The molecule has 7 heteroatoms. The van der Waals surface area contributed by atoms with E-state index >= 15 is 0 Å². The smallest absolute Gasteiger partial charge is 0.383 e. The van der Waals surface area contributed by atoms with Gasteiger partial charge < -0.3 is 10.5 Å². The van der Waals surface area contributed by atoms with E-state index in [4.69, 9.17) is 5.73 Å². The second-order valence-corrected chi connectivity index (χ2v) is 3.34. The number of rotatable bonds is 3. The van der Waals surface area contributed by atoms with Crippen LogP contribution in [-0.4, -0.2) is 22.8 Å². The summed E-state index contributed by atoms with van der Waals surface area (Å²) in [6.07, 6.45) is -4.34. The van der Waals surface area contributed by atoms with E-state index in [9.17, 15) is 13.2 Å². The van der Waals surface area contributed by atoms with E-state index in [-0.39, 0.29) is 18.2 Å². The number of halogens is 3. The summed E-state index contributed by atoms with van der Waals surface area (Å²) in [4.78, 5) is 7.80. The number of aromatic nitrogens is 2. The molecule has 0 bridgehead atoms. The Labute approximate surface area is 90.6 Å². The Kier molecular flexibility index (Phi) is 3.69. The van der Waals surface area contributed by atoms with Crippen LogP contribution in [0.15, 0.2) is 0 Å². The van der Waals surface area contributed by atoms with Crippen molar-refractivity contribution < 1.29 is 17.9 Å². The molecule has 0 aliphatic heterocycles. The first-order chi connectivity index (χ1) is 7.29. The van der Waals surface area contributed by atoms with Gasteiger partial charge in [0.1, 0.15) is 19.0 Å². The average molecular weight is 235 g/mol. The SMILES string of the molecule is Cc1nc(COCC(F)(F)F)nc(N)c1C. The van der Waals surface area contributed by atoms with Crippen LogP contribution < -0.4 is 5.73 Å². The molecule has 0 radical (unpaired) electrons. The van der Waals surface area contributed by atoms with E-state index in [0.29, 0.717) is 5.69 Å². The summed E-state index contributed by atoms with van der Waals surface area (Å²) in [5.41, 5.74) is 6.91. The lowest BCUT2D eigenvalue weighted by atomic mass is 10.2. The van der Waals surface area contributed by atoms with E-state index in [1.807, 2.05) is 0 Å². The first-order valence-electron chi connectivity index (χ1n) is 4.53. The summed E-state index contributed by atoms with van der Waals surface area (Å²) < 4.78 is 39.8. The zero-order valence-corrected chi connectivity index (χ0v) is 8.93. The number of nitrogens with zero attached hydrogens (tertiary/aromatic N) is 2. The van der Waals surface area contributed by atoms with Gasteiger partial charge in [-0.1, -0.05) is 0 Å². The van der Waals surface area contributed by atoms with Crippen molar-refractivity contribution in [2.45, 2.75) is 26.6 Å². The highest BCUT2D eigenvalue weighted by Gasteiger charge is 2.27. The summed E-state index contributed by atoms with van der Waals surface area (Å²) in [6.45, 7) is 1.83. The number of nitrogens with two attached hydrogens (primary N) is 1. The standard InChI is InChI=1S/C9H12F3N3O/c1-5-6(2)14-7(15-8(5)13)3-16-4-9(10,11)12/h3-4H2,1-2H3,(H2,13,14,15). The predicted molar refractivity (Wildman–Crippen MR) is 51.6 cm³/mol. The average Bonchev–Trinajstić information content (AvgIpc) is 2.12. The van der Waals surface area contributed by atoms with Crippen LogP contribution in [-0.2, 0) is 11.3 Å². The Morgan fingerprint density at radius 1 is 1.25 bits per heavy atom. The van der Waals surface area contributed by atoms with Crippen LogP contribution in [0.25, 0.3) is 0 Å². The molecule has 0 saturated heterocycles. The fraction of sp³-hybridized carbons (Fsp3) is 0.556. The first kappa shape index (κ1) is 12.7. The van der Waals surface area contributed by atoms with Gasteiger partial charge in [-0.05, 0) is 13.8 Å². The lowest BCUT2D eigenvalue weighted by Crippen LogP contribution is -2.17. The molecule has 90 valence electrons. The Bertz CT molecular complexity index is 356. The van der Waals surface area contributed by atoms with Gasteiger partial charge in [-0.15, -0.1) is 0 Å². The van der Waals surface area contributed by atoms with Crippen molar-refractivity contribution in [3.8, 4) is 0 Å². The summed E-state index contributed by atoms with van der Waals surface area (Å²) >= 11 is 0. The van der Waals surface area contributed by atoms with Crippen LogP contribution in [0.1, 0.15) is 17.1 Å². The molecule has 0 unspecified atom stereocenters. The van der Waals surface area contributed by atoms with Gasteiger partial charge >= 0.3 is 6.18 Å². The molecule has 4 nitrogen and oxygen atoms in total. The van der Waals surface area contributed by atoms with E-state index in [2.05, 4.69) is 14.7 Å². The minimum Gasteiger partial charge on any atom is -0.383 e. The van der Waals surface area contributed by atoms with Crippen molar-refractivity contribution >= 4 is 5.82 Å². The molecule has 16 heavy (non-hydrogen) atoms. The summed E-state index contributed by atoms with van der Waals surface area (Å²) in [7, 11) is 0. The van der Waals surface area contributed by atoms with E-state index < -0.39 is 12.8 Å². The molecule has 0 saturated carbocycles. The van der Waals surface area contributed by atoms with Gasteiger partial charge in [-0.3, -0.25) is 0 Å². The van der Waals surface area contributed by atoms with Crippen LogP contribution in [0.3, 0.4) is 0 Å². The maximum Gasteiger partial charge on any atom is 0.411 e. The number of hydrogen-bond donors (Lipinski definition) is 1. The molecule has 0 aliphatic rings. The molecule has 0 aromatic carbocycles. The zero-order valence-electron chi connectivity index (χ0n) is 8.93. The molecule has 2 N–H and O–H groups in total. The van der Waals surface area contributed by atoms with Crippen LogP contribution >= 0.6 is 0 Å². The van der Waals surface area contributed by atoms with Crippen LogP contribution in [0.5, 0.6) is 0 Å². The molecule has 0 fully saturated rings. The van der Waals surface area contributed by atoms with E-state index in [0.717, 1.165) is 5.56 Å². The van der Waals surface area contributed by atoms with Gasteiger partial charge in [0.05, 0.1) is 0 Å². The van der Waals surface area contributed by atoms with Crippen LogP contribution in [0.2, 0.25) is 0 Å². The van der Waals surface area contributed by atoms with Gasteiger partial charge in [-0.25, -0.2) is 9.97 Å². The van der Waals surface area contributed by atoms with Crippen molar-refractivity contribution in [1.29, 1.82) is 0 Å². The fourth-order valence-corrected chi connectivity index (χ4v) is 1.03. The molecule has 0 spiro atoms. The summed E-state index contributed by atoms with van der Waals surface area (Å²) in [5, 5.41) is 0. The highest BCUT2D eigenvalue weighted by atomic mass is 19.4. The Balaban J connectivity index is 2.62. The van der Waals surface area contributed by atoms with Crippen molar-refractivity contribution in [3.63, 3.8) is 0 Å². The predicted octanol–water partition coefficient (Wildman–Crippen LogP) is 1.75. The molecular formula is C9H12F3N3O. The molecule has 0 amide bonds. The van der Waals surface area contributed by atoms with Crippen molar-refractivity contribution in [2.75, 3.05) is 12.3 Å². The highest BCUT2D eigenvalue weighted by molar-refractivity contribution is 5.40. The highest BCUT2D eigenvalue weighted by Crippen LogP contribution is 2.16. The lowest BCUT2D eigenvalue weighted by molar-refractivity contribution is -0.177. The van der Waals surface area contributed by atoms with Gasteiger partial charge in [0.25, 0.3) is 0 Å². The minimum absolute atomic E-state index is 0.157. The maximum absolute atomic E-state index is 11.8. The quantitative estimate of drug-likeness (QED) is 0.867. The monoisotopic (exact) mass is 235 g/mol. The third-order valence-corrected chi connectivity index (χ3v) is 1.97. The van der Waals surface area contributed by atoms with Crippen LogP contribution in [0.4, 0.5) is 19.0 Å². The number of aryl methyl sites for hydroxylation is 1. The third kappa shape index (κ3) is 3.65. The summed E-state index contributed by atoms with van der Waals surface area (Å²) in [5.74, 6) is 0.419. The molecule has 1 heterocycles. The van der Waals surface area contributed by atoms with Crippen LogP contribution in [0, 0.1) is 13.8 Å². The Morgan fingerprint density at radius 3 is 2.38 bits per heavy atom. The Hall–Kier alpha value is -1.37. The molecule has 1 aromatic rings. The first-order valence-corrected chi connectivity index (χ1v) is 4.53. The minimum atomic E-state index is -4.34. The largest absolute Gasteiger partial charge is 0.411 e. The van der Waals surface area contributed by atoms with Crippen molar-refractivity contribution in [3.05, 3.63) is 17.1 Å². The normalized spacial score (nSPS) is 11.8. The molecule has 0 atom stereocenters. The number of hydrogen-bond acceptors (Lipinski definition) is 4. The van der Waals surface area contributed by atoms with Gasteiger partial charge in [-0.2, -0.15) is 13.2 Å². The Morgan fingerprint density at radius 2 is 1.88 bits per heavy atom. The molecule has 1 rings (SSSR count). The fourth-order valence-electron chi connectivity index (χ4n) is 1.03. The van der Waals surface area contributed by atoms with Gasteiger partial charge in [0.15, 0.2) is 5.82 Å². The molecule has 0 aliphatic carbocycles. The second-order valence-electron chi connectivity index (χ2n) is 3.34. The number of alkyl halides is 3. The third-order valence-electron chi connectivity index (χ3n) is 1.97. The van der Waals surface area contributed by atoms with Gasteiger partial charge in [0, 0.05) is 11.3 Å². The van der Waals surface area contributed by atoms with Gasteiger partial charge in [0.2, 0.25) is 0 Å². The zero-order chi connectivity index (χ0) is 12.3. The maximum atomic E-state index is 11.8. The molecule has 1 aromatic heterocycles. The second kappa shape index (κ2) is 4.65. The number of ether oxygens (including phenoxy) is 1. The topological polar surface area (TPSA) is 61.0 Å².